The van der Waals surface area contributed by atoms with Crippen LogP contribution in [0.15, 0.2) is 77.8 Å². The Morgan fingerprint density at radius 1 is 0.839 bits per heavy atom. The predicted octanol–water partition coefficient (Wildman–Crippen LogP) is 6.72. The molecule has 4 aromatic rings. The van der Waals surface area contributed by atoms with Gasteiger partial charge in [0, 0.05) is 10.9 Å². The van der Waals surface area contributed by atoms with Gasteiger partial charge in [0.1, 0.15) is 5.69 Å². The van der Waals surface area contributed by atoms with Crippen molar-refractivity contribution in [1.29, 1.82) is 0 Å². The maximum atomic E-state index is 11.7. The van der Waals surface area contributed by atoms with Gasteiger partial charge in [0.25, 0.3) is 0 Å². The summed E-state index contributed by atoms with van der Waals surface area (Å²) in [7, 11) is 0. The molecule has 0 saturated carbocycles. The topological polar surface area (TPSA) is 47.2 Å². The molecule has 0 saturated heterocycles. The van der Waals surface area contributed by atoms with Crippen LogP contribution in [0.1, 0.15) is 66.7 Å². The lowest BCUT2D eigenvalue weighted by Gasteiger charge is -2.18. The van der Waals surface area contributed by atoms with E-state index in [0.717, 1.165) is 28.4 Å². The fourth-order valence-electron chi connectivity index (χ4n) is 3.91. The van der Waals surface area contributed by atoms with Crippen molar-refractivity contribution in [2.45, 2.75) is 39.5 Å². The molecule has 1 aromatic heterocycles. The summed E-state index contributed by atoms with van der Waals surface area (Å²) in [6, 6.07) is 24.2. The van der Waals surface area contributed by atoms with Gasteiger partial charge in [0.2, 0.25) is 0 Å². The van der Waals surface area contributed by atoms with Gasteiger partial charge in [0.15, 0.2) is 12.1 Å². The van der Waals surface area contributed by atoms with Crippen molar-refractivity contribution in [2.24, 2.45) is 4.99 Å². The number of carbonyl (C=O) groups excluding carboxylic acids is 1. The molecule has 0 N–H and O–H groups in total. The molecule has 31 heavy (non-hydrogen) atoms. The number of hydrogen-bond donors (Lipinski definition) is 0. The molecule has 1 heterocycles. The van der Waals surface area contributed by atoms with Crippen molar-refractivity contribution >= 4 is 28.7 Å². The third-order valence-electron chi connectivity index (χ3n) is 5.52. The molecule has 0 unspecified atom stereocenters. The monoisotopic (exact) mass is 409 g/mol. The first-order valence-corrected chi connectivity index (χ1v) is 10.7. The third kappa shape index (κ3) is 3.93. The Bertz CT molecular complexity index is 1220. The number of nitrogens with zero attached hydrogens (tertiary/aromatic N) is 3. The molecule has 3 aromatic carbocycles. The number of rotatable bonds is 5. The molecule has 0 aliphatic heterocycles. The average Bonchev–Trinajstić information content (AvgIpc) is 3.16. The Balaban J connectivity index is 2.07. The minimum atomic E-state index is 0.328. The lowest BCUT2D eigenvalue weighted by atomic mass is 9.93. The van der Waals surface area contributed by atoms with Crippen LogP contribution in [0.5, 0.6) is 0 Å². The van der Waals surface area contributed by atoms with Crippen molar-refractivity contribution < 1.29 is 4.79 Å². The number of aliphatic imine (C=N–C) groups is 1. The molecule has 156 valence electrons. The van der Waals surface area contributed by atoms with Gasteiger partial charge < -0.3 is 0 Å². The smallest absolute Gasteiger partial charge is 0.170 e. The quantitative estimate of drug-likeness (QED) is 0.209. The maximum absolute atomic E-state index is 11.7. The van der Waals surface area contributed by atoms with Gasteiger partial charge in [-0.05, 0) is 29.0 Å². The second kappa shape index (κ2) is 8.68. The van der Waals surface area contributed by atoms with Gasteiger partial charge in [0.05, 0.1) is 11.2 Å². The van der Waals surface area contributed by atoms with Crippen LogP contribution in [0.2, 0.25) is 0 Å². The van der Waals surface area contributed by atoms with E-state index in [1.54, 1.807) is 4.68 Å². The van der Waals surface area contributed by atoms with Crippen LogP contribution in [0.25, 0.3) is 10.9 Å². The first-order chi connectivity index (χ1) is 15.0. The highest BCUT2D eigenvalue weighted by molar-refractivity contribution is 6.08. The van der Waals surface area contributed by atoms with Gasteiger partial charge in [-0.1, -0.05) is 94.4 Å². The number of hydrogen-bond acceptors (Lipinski definition) is 3. The predicted molar refractivity (Wildman–Crippen MR) is 128 cm³/mol. The third-order valence-corrected chi connectivity index (χ3v) is 5.52. The van der Waals surface area contributed by atoms with Crippen molar-refractivity contribution in [3.63, 3.8) is 0 Å². The van der Waals surface area contributed by atoms with Crippen molar-refractivity contribution in [3.8, 4) is 0 Å². The van der Waals surface area contributed by atoms with E-state index in [1.165, 1.54) is 11.1 Å². The first-order valence-electron chi connectivity index (χ1n) is 10.7. The Hall–Kier alpha value is -3.53. The Labute approximate surface area is 183 Å². The van der Waals surface area contributed by atoms with E-state index in [4.69, 9.17) is 4.99 Å². The summed E-state index contributed by atoms with van der Waals surface area (Å²) in [5.74, 6) is 1.36. The number of fused-ring (bicyclic) bond motifs is 1. The zero-order chi connectivity index (χ0) is 22.0. The summed E-state index contributed by atoms with van der Waals surface area (Å²) in [4.78, 5) is 17.0. The largest absolute Gasteiger partial charge is 0.296 e. The second-order valence-corrected chi connectivity index (χ2v) is 8.33. The minimum absolute atomic E-state index is 0.328. The number of aldehydes is 1. The molecule has 0 spiro atoms. The summed E-state index contributed by atoms with van der Waals surface area (Å²) in [5.41, 5.74) is 5.61. The highest BCUT2D eigenvalue weighted by Crippen LogP contribution is 2.35. The minimum Gasteiger partial charge on any atom is -0.296 e. The molecule has 0 radical (unpaired) electrons. The Morgan fingerprint density at radius 3 is 2.06 bits per heavy atom. The van der Waals surface area contributed by atoms with E-state index in [1.807, 2.05) is 54.6 Å². The summed E-state index contributed by atoms with van der Waals surface area (Å²) in [6.45, 7) is 8.76. The standard InChI is InChI=1S/C27H27N3O/c1-18(2)21-14-10-15-22(19(3)4)26(21)28-27(20-11-6-5-7-12-20)30-25-16-9-8-13-23(25)24(17-31)29-30/h5-19H,1-4H3. The first kappa shape index (κ1) is 20.7. The van der Waals surface area contributed by atoms with E-state index in [2.05, 4.69) is 51.0 Å². The molecule has 0 aliphatic carbocycles. The van der Waals surface area contributed by atoms with Crippen LogP contribution in [0.4, 0.5) is 5.69 Å². The van der Waals surface area contributed by atoms with E-state index in [9.17, 15) is 4.79 Å². The van der Waals surface area contributed by atoms with Crippen LogP contribution >= 0.6 is 0 Å². The molecule has 0 bridgehead atoms. The lowest BCUT2D eigenvalue weighted by molar-refractivity contribution is 0.112. The van der Waals surface area contributed by atoms with Crippen molar-refractivity contribution in [1.82, 2.24) is 9.78 Å². The van der Waals surface area contributed by atoms with Gasteiger partial charge in [-0.3, -0.25) is 4.79 Å². The molecule has 0 amide bonds. The summed E-state index contributed by atoms with van der Waals surface area (Å²) >= 11 is 0. The average molecular weight is 410 g/mol. The van der Waals surface area contributed by atoms with Gasteiger partial charge >= 0.3 is 0 Å². The van der Waals surface area contributed by atoms with E-state index < -0.39 is 0 Å². The summed E-state index contributed by atoms with van der Waals surface area (Å²) < 4.78 is 1.80. The number of para-hydroxylation sites is 2. The van der Waals surface area contributed by atoms with Gasteiger partial charge in [-0.2, -0.15) is 5.10 Å². The highest BCUT2D eigenvalue weighted by Gasteiger charge is 2.19. The van der Waals surface area contributed by atoms with Gasteiger partial charge in [-0.25, -0.2) is 9.67 Å². The van der Waals surface area contributed by atoms with Crippen LogP contribution in [0.3, 0.4) is 0 Å². The summed E-state index contributed by atoms with van der Waals surface area (Å²) in [5, 5.41) is 5.47. The van der Waals surface area contributed by atoms with Crippen LogP contribution in [-0.4, -0.2) is 21.9 Å². The number of carbonyl (C=O) groups is 1. The molecular formula is C27H27N3O. The summed E-state index contributed by atoms with van der Waals surface area (Å²) in [6.07, 6.45) is 0.809. The van der Waals surface area contributed by atoms with Gasteiger partial charge in [-0.15, -0.1) is 0 Å². The van der Waals surface area contributed by atoms with E-state index in [0.29, 0.717) is 23.4 Å². The van der Waals surface area contributed by atoms with E-state index in [-0.39, 0.29) is 0 Å². The van der Waals surface area contributed by atoms with Crippen LogP contribution in [0, 0.1) is 0 Å². The molecular weight excluding hydrogens is 382 g/mol. The maximum Gasteiger partial charge on any atom is 0.170 e. The second-order valence-electron chi connectivity index (χ2n) is 8.33. The van der Waals surface area contributed by atoms with Crippen molar-refractivity contribution in [3.05, 3.63) is 95.2 Å². The van der Waals surface area contributed by atoms with Crippen LogP contribution < -0.4 is 0 Å². The van der Waals surface area contributed by atoms with Crippen LogP contribution in [-0.2, 0) is 0 Å². The fourth-order valence-corrected chi connectivity index (χ4v) is 3.91. The number of benzene rings is 3. The molecule has 0 aliphatic rings. The Kier molecular flexibility index (Phi) is 5.81. The molecule has 4 nitrogen and oxygen atoms in total. The SMILES string of the molecule is CC(C)c1cccc(C(C)C)c1N=C(c1ccccc1)n1nc(C=O)c2ccccc21. The Morgan fingerprint density at radius 2 is 1.45 bits per heavy atom. The lowest BCUT2D eigenvalue weighted by Crippen LogP contribution is -2.16. The molecule has 0 atom stereocenters. The van der Waals surface area contributed by atoms with E-state index >= 15 is 0 Å². The number of aromatic nitrogens is 2. The fraction of sp³-hybridized carbons (Fsp3) is 0.222. The normalized spacial score (nSPS) is 12.1. The zero-order valence-electron chi connectivity index (χ0n) is 18.4. The molecule has 4 rings (SSSR count). The molecule has 4 heteroatoms. The molecule has 0 fully saturated rings. The highest BCUT2D eigenvalue weighted by atomic mass is 16.1. The van der Waals surface area contributed by atoms with Crippen molar-refractivity contribution in [2.75, 3.05) is 0 Å². The zero-order valence-corrected chi connectivity index (χ0v) is 18.4.